The molecule has 1 aliphatic heterocycles. The van der Waals surface area contributed by atoms with Crippen LogP contribution in [0.15, 0.2) is 54.6 Å². The Kier molecular flexibility index (Phi) is 5.58. The Morgan fingerprint density at radius 1 is 1.14 bits per heavy atom. The standard InChI is InChI=1S/C24H28N2O3/c1-18-15-19-5-3-4-6-22(19)26(18)16-23(27)25-17-24(11-13-29-14-12-24)20-7-9-21(28-2)10-8-20/h3-10,15H,11-14,16-17H2,1-2H3,(H,25,27). The van der Waals surface area contributed by atoms with Crippen LogP contribution in [0.5, 0.6) is 5.75 Å². The SMILES string of the molecule is COc1ccc(C2(CNC(=O)Cn3c(C)cc4ccccc43)CCOCC2)cc1. The Morgan fingerprint density at radius 2 is 1.86 bits per heavy atom. The van der Waals surface area contributed by atoms with Gasteiger partial charge in [0, 0.05) is 36.4 Å². The second kappa shape index (κ2) is 8.29. The van der Waals surface area contributed by atoms with Gasteiger partial charge in [-0.05, 0) is 55.0 Å². The molecule has 3 aromatic rings. The number of para-hydroxylation sites is 1. The lowest BCUT2D eigenvalue weighted by Gasteiger charge is -2.38. The first-order valence-electron chi connectivity index (χ1n) is 10.2. The molecule has 0 saturated carbocycles. The normalized spacial score (nSPS) is 15.9. The van der Waals surface area contributed by atoms with E-state index < -0.39 is 0 Å². The maximum Gasteiger partial charge on any atom is 0.239 e. The first-order valence-corrected chi connectivity index (χ1v) is 10.2. The maximum absolute atomic E-state index is 12.8. The number of nitrogens with zero attached hydrogens (tertiary/aromatic N) is 1. The van der Waals surface area contributed by atoms with Crippen molar-refractivity contribution in [2.45, 2.75) is 31.7 Å². The second-order valence-electron chi connectivity index (χ2n) is 7.83. The van der Waals surface area contributed by atoms with E-state index in [0.717, 1.165) is 35.2 Å². The summed E-state index contributed by atoms with van der Waals surface area (Å²) in [5, 5.41) is 4.37. The lowest BCUT2D eigenvalue weighted by atomic mass is 9.74. The van der Waals surface area contributed by atoms with Gasteiger partial charge in [-0.15, -0.1) is 0 Å². The molecule has 2 aromatic carbocycles. The smallest absolute Gasteiger partial charge is 0.239 e. The van der Waals surface area contributed by atoms with Crippen LogP contribution in [0, 0.1) is 6.92 Å². The summed E-state index contributed by atoms with van der Waals surface area (Å²) < 4.78 is 13.0. The predicted octanol–water partition coefficient (Wildman–Crippen LogP) is 3.82. The molecule has 0 radical (unpaired) electrons. The molecule has 0 bridgehead atoms. The summed E-state index contributed by atoms with van der Waals surface area (Å²) in [6.07, 6.45) is 1.79. The lowest BCUT2D eigenvalue weighted by molar-refractivity contribution is -0.122. The van der Waals surface area contributed by atoms with Gasteiger partial charge in [0.05, 0.1) is 7.11 Å². The van der Waals surface area contributed by atoms with E-state index in [4.69, 9.17) is 9.47 Å². The van der Waals surface area contributed by atoms with Crippen molar-refractivity contribution in [3.05, 3.63) is 65.9 Å². The van der Waals surface area contributed by atoms with Gasteiger partial charge < -0.3 is 19.4 Å². The van der Waals surface area contributed by atoms with Crippen molar-refractivity contribution in [1.82, 2.24) is 9.88 Å². The van der Waals surface area contributed by atoms with Crippen LogP contribution < -0.4 is 10.1 Å². The van der Waals surface area contributed by atoms with Crippen molar-refractivity contribution in [2.75, 3.05) is 26.9 Å². The Balaban J connectivity index is 1.49. The molecular formula is C24H28N2O3. The number of aryl methyl sites for hydroxylation is 1. The zero-order valence-electron chi connectivity index (χ0n) is 17.1. The quantitative estimate of drug-likeness (QED) is 0.694. The molecule has 0 spiro atoms. The molecule has 5 nitrogen and oxygen atoms in total. The maximum atomic E-state index is 12.8. The molecule has 1 N–H and O–H groups in total. The van der Waals surface area contributed by atoms with Crippen molar-refractivity contribution < 1.29 is 14.3 Å². The molecule has 0 unspecified atom stereocenters. The van der Waals surface area contributed by atoms with E-state index in [1.54, 1.807) is 7.11 Å². The third-order valence-electron chi connectivity index (χ3n) is 6.10. The fourth-order valence-electron chi connectivity index (χ4n) is 4.30. The number of benzene rings is 2. The molecule has 29 heavy (non-hydrogen) atoms. The number of carbonyl (C=O) groups is 1. The number of rotatable bonds is 6. The van der Waals surface area contributed by atoms with Crippen molar-refractivity contribution in [2.24, 2.45) is 0 Å². The minimum absolute atomic E-state index is 0.0360. The van der Waals surface area contributed by atoms with E-state index in [1.807, 2.05) is 31.2 Å². The highest BCUT2D eigenvalue weighted by atomic mass is 16.5. The third-order valence-corrected chi connectivity index (χ3v) is 6.10. The Labute approximate surface area is 171 Å². The van der Waals surface area contributed by atoms with Crippen molar-refractivity contribution in [3.63, 3.8) is 0 Å². The summed E-state index contributed by atoms with van der Waals surface area (Å²) in [6.45, 7) is 4.41. The van der Waals surface area contributed by atoms with Crippen LogP contribution in [0.2, 0.25) is 0 Å². The zero-order valence-corrected chi connectivity index (χ0v) is 17.1. The number of hydrogen-bond acceptors (Lipinski definition) is 3. The third kappa shape index (κ3) is 4.01. The molecule has 4 rings (SSSR count). The molecule has 1 aliphatic rings. The summed E-state index contributed by atoms with van der Waals surface area (Å²) in [5.41, 5.74) is 3.31. The average Bonchev–Trinajstić information content (AvgIpc) is 3.08. The molecule has 5 heteroatoms. The number of carbonyl (C=O) groups excluding carboxylic acids is 1. The number of amides is 1. The molecule has 1 fully saturated rings. The van der Waals surface area contributed by atoms with E-state index >= 15 is 0 Å². The number of aromatic nitrogens is 1. The van der Waals surface area contributed by atoms with Crippen LogP contribution in [0.3, 0.4) is 0 Å². The van der Waals surface area contributed by atoms with Gasteiger partial charge in [0.2, 0.25) is 5.91 Å². The van der Waals surface area contributed by atoms with Crippen molar-refractivity contribution in [1.29, 1.82) is 0 Å². The molecule has 0 aliphatic carbocycles. The predicted molar refractivity (Wildman–Crippen MR) is 114 cm³/mol. The second-order valence-corrected chi connectivity index (χ2v) is 7.83. The first-order chi connectivity index (χ1) is 14.1. The number of methoxy groups -OCH3 is 1. The largest absolute Gasteiger partial charge is 0.497 e. The fraction of sp³-hybridized carbons (Fsp3) is 0.375. The van der Waals surface area contributed by atoms with Gasteiger partial charge >= 0.3 is 0 Å². The molecule has 2 heterocycles. The number of fused-ring (bicyclic) bond motifs is 1. The summed E-state index contributed by atoms with van der Waals surface area (Å²) in [5.74, 6) is 0.879. The highest BCUT2D eigenvalue weighted by Crippen LogP contribution is 2.35. The van der Waals surface area contributed by atoms with Gasteiger partial charge in [0.25, 0.3) is 0 Å². The monoisotopic (exact) mass is 392 g/mol. The van der Waals surface area contributed by atoms with Crippen LogP contribution in [-0.4, -0.2) is 37.3 Å². The summed E-state index contributed by atoms with van der Waals surface area (Å²) in [6, 6.07) is 18.5. The number of nitrogens with one attached hydrogen (secondary N) is 1. The fourth-order valence-corrected chi connectivity index (χ4v) is 4.30. The minimum atomic E-state index is -0.103. The molecule has 152 valence electrons. The van der Waals surface area contributed by atoms with Crippen LogP contribution in [0.4, 0.5) is 0 Å². The van der Waals surface area contributed by atoms with Crippen LogP contribution in [-0.2, 0) is 21.5 Å². The lowest BCUT2D eigenvalue weighted by Crippen LogP contribution is -2.45. The van der Waals surface area contributed by atoms with Crippen LogP contribution in [0.25, 0.3) is 10.9 Å². The molecule has 1 aromatic heterocycles. The van der Waals surface area contributed by atoms with Gasteiger partial charge in [-0.1, -0.05) is 30.3 Å². The molecular weight excluding hydrogens is 364 g/mol. The zero-order chi connectivity index (χ0) is 20.3. The number of hydrogen-bond donors (Lipinski definition) is 1. The highest BCUT2D eigenvalue weighted by Gasteiger charge is 2.35. The van der Waals surface area contributed by atoms with E-state index in [-0.39, 0.29) is 11.3 Å². The van der Waals surface area contributed by atoms with E-state index in [2.05, 4.69) is 40.2 Å². The van der Waals surface area contributed by atoms with Crippen LogP contribution >= 0.6 is 0 Å². The summed E-state index contributed by atoms with van der Waals surface area (Å²) in [4.78, 5) is 12.8. The Hall–Kier alpha value is -2.79. The van der Waals surface area contributed by atoms with Gasteiger partial charge in [-0.3, -0.25) is 4.79 Å². The van der Waals surface area contributed by atoms with E-state index in [0.29, 0.717) is 26.3 Å². The van der Waals surface area contributed by atoms with Gasteiger partial charge in [0.1, 0.15) is 12.3 Å². The highest BCUT2D eigenvalue weighted by molar-refractivity contribution is 5.84. The van der Waals surface area contributed by atoms with Gasteiger partial charge in [0.15, 0.2) is 0 Å². The molecule has 1 saturated heterocycles. The summed E-state index contributed by atoms with van der Waals surface area (Å²) in [7, 11) is 1.67. The van der Waals surface area contributed by atoms with Gasteiger partial charge in [-0.2, -0.15) is 0 Å². The molecule has 0 atom stereocenters. The van der Waals surface area contributed by atoms with Crippen LogP contribution in [0.1, 0.15) is 24.1 Å². The molecule has 1 amide bonds. The van der Waals surface area contributed by atoms with E-state index in [1.165, 1.54) is 5.56 Å². The van der Waals surface area contributed by atoms with Crippen molar-refractivity contribution in [3.8, 4) is 5.75 Å². The average molecular weight is 392 g/mol. The summed E-state index contributed by atoms with van der Waals surface area (Å²) >= 11 is 0. The number of ether oxygens (including phenoxy) is 2. The van der Waals surface area contributed by atoms with Crippen molar-refractivity contribution >= 4 is 16.8 Å². The Bertz CT molecular complexity index is 985. The van der Waals surface area contributed by atoms with E-state index in [9.17, 15) is 4.79 Å². The minimum Gasteiger partial charge on any atom is -0.497 e. The Morgan fingerprint density at radius 3 is 2.59 bits per heavy atom. The van der Waals surface area contributed by atoms with Gasteiger partial charge in [-0.25, -0.2) is 0 Å². The topological polar surface area (TPSA) is 52.5 Å². The first kappa shape index (κ1) is 19.5.